The van der Waals surface area contributed by atoms with Gasteiger partial charge < -0.3 is 14.0 Å². The molecule has 0 aliphatic rings. The van der Waals surface area contributed by atoms with Gasteiger partial charge in [0.2, 0.25) is 0 Å². The van der Waals surface area contributed by atoms with Crippen molar-refractivity contribution in [3.8, 4) is 22.6 Å². The highest BCUT2D eigenvalue weighted by Gasteiger charge is 2.06. The fourth-order valence-electron chi connectivity index (χ4n) is 1.77. The molecule has 0 saturated carbocycles. The number of aromatic nitrogens is 1. The summed E-state index contributed by atoms with van der Waals surface area (Å²) < 4.78 is 10.3. The summed E-state index contributed by atoms with van der Waals surface area (Å²) in [5.41, 5.74) is 2.66. The van der Waals surface area contributed by atoms with Crippen LogP contribution in [-0.2, 0) is 6.61 Å². The van der Waals surface area contributed by atoms with Crippen molar-refractivity contribution in [3.05, 3.63) is 54.5 Å². The lowest BCUT2D eigenvalue weighted by Crippen LogP contribution is -1.78. The molecule has 1 aromatic carbocycles. The molecule has 4 nitrogen and oxygen atoms in total. The van der Waals surface area contributed by atoms with Crippen LogP contribution in [0.25, 0.3) is 22.6 Å². The SMILES string of the molecule is OCc1cc(-c2ccc(-c3ccco3)cc2)no1. The van der Waals surface area contributed by atoms with Crippen LogP contribution in [0.1, 0.15) is 5.76 Å². The normalized spacial score (nSPS) is 10.7. The van der Waals surface area contributed by atoms with E-state index in [-0.39, 0.29) is 6.61 Å². The molecule has 0 amide bonds. The van der Waals surface area contributed by atoms with Gasteiger partial charge in [0.25, 0.3) is 0 Å². The molecule has 1 N–H and O–H groups in total. The van der Waals surface area contributed by atoms with Crippen molar-refractivity contribution in [3.63, 3.8) is 0 Å². The number of benzene rings is 1. The Bertz CT molecular complexity index is 623. The lowest BCUT2D eigenvalue weighted by atomic mass is 10.1. The van der Waals surface area contributed by atoms with Gasteiger partial charge in [0, 0.05) is 17.2 Å². The maximum Gasteiger partial charge on any atom is 0.162 e. The molecular formula is C14H11NO3. The first-order valence-electron chi connectivity index (χ1n) is 5.57. The van der Waals surface area contributed by atoms with E-state index in [1.165, 1.54) is 0 Å². The Morgan fingerprint density at radius 2 is 1.83 bits per heavy atom. The Morgan fingerprint density at radius 1 is 1.06 bits per heavy atom. The minimum Gasteiger partial charge on any atom is -0.464 e. The summed E-state index contributed by atoms with van der Waals surface area (Å²) in [6, 6.07) is 13.3. The summed E-state index contributed by atoms with van der Waals surface area (Å²) in [6.45, 7) is -0.141. The molecule has 0 aliphatic heterocycles. The van der Waals surface area contributed by atoms with Crippen LogP contribution >= 0.6 is 0 Å². The summed E-state index contributed by atoms with van der Waals surface area (Å²) in [4.78, 5) is 0. The van der Waals surface area contributed by atoms with Gasteiger partial charge in [0.05, 0.1) is 6.26 Å². The average Bonchev–Trinajstić information content (AvgIpc) is 3.10. The van der Waals surface area contributed by atoms with E-state index >= 15 is 0 Å². The van der Waals surface area contributed by atoms with E-state index in [1.807, 2.05) is 36.4 Å². The minimum absolute atomic E-state index is 0.141. The first-order valence-corrected chi connectivity index (χ1v) is 5.57. The zero-order valence-corrected chi connectivity index (χ0v) is 9.54. The Morgan fingerprint density at radius 3 is 2.44 bits per heavy atom. The third-order valence-electron chi connectivity index (χ3n) is 2.70. The van der Waals surface area contributed by atoms with Gasteiger partial charge in [0.1, 0.15) is 18.1 Å². The van der Waals surface area contributed by atoms with Crippen LogP contribution in [0.2, 0.25) is 0 Å². The molecule has 3 rings (SSSR count). The van der Waals surface area contributed by atoms with Gasteiger partial charge in [-0.3, -0.25) is 0 Å². The maximum atomic E-state index is 8.92. The number of rotatable bonds is 3. The van der Waals surface area contributed by atoms with Crippen LogP contribution in [-0.4, -0.2) is 10.3 Å². The van der Waals surface area contributed by atoms with E-state index in [4.69, 9.17) is 14.0 Å². The Hall–Kier alpha value is -2.33. The molecule has 3 aromatic rings. The number of furan rings is 1. The zero-order chi connectivity index (χ0) is 12.4. The van der Waals surface area contributed by atoms with E-state index in [9.17, 15) is 0 Å². The van der Waals surface area contributed by atoms with Gasteiger partial charge in [-0.1, -0.05) is 29.4 Å². The fraction of sp³-hybridized carbons (Fsp3) is 0.0714. The second-order valence-electron chi connectivity index (χ2n) is 3.89. The summed E-state index contributed by atoms with van der Waals surface area (Å²) in [5, 5.41) is 12.8. The lowest BCUT2D eigenvalue weighted by molar-refractivity contribution is 0.229. The highest BCUT2D eigenvalue weighted by molar-refractivity contribution is 5.65. The zero-order valence-electron chi connectivity index (χ0n) is 9.54. The Kier molecular flexibility index (Phi) is 2.70. The van der Waals surface area contributed by atoms with Crippen molar-refractivity contribution in [1.29, 1.82) is 0 Å². The number of hydrogen-bond donors (Lipinski definition) is 1. The van der Waals surface area contributed by atoms with Gasteiger partial charge in [-0.2, -0.15) is 0 Å². The van der Waals surface area contributed by atoms with Crippen LogP contribution in [0.4, 0.5) is 0 Å². The van der Waals surface area contributed by atoms with Crippen LogP contribution in [0.15, 0.2) is 57.7 Å². The predicted octanol–water partition coefficient (Wildman–Crippen LogP) is 3.09. The minimum atomic E-state index is -0.141. The van der Waals surface area contributed by atoms with Crippen LogP contribution in [0, 0.1) is 0 Å². The first-order chi connectivity index (χ1) is 8.86. The highest BCUT2D eigenvalue weighted by atomic mass is 16.5. The van der Waals surface area contributed by atoms with Crippen molar-refractivity contribution in [1.82, 2.24) is 5.16 Å². The molecular weight excluding hydrogens is 230 g/mol. The molecule has 0 aliphatic carbocycles. The number of aliphatic hydroxyl groups is 1. The van der Waals surface area contributed by atoms with Crippen LogP contribution < -0.4 is 0 Å². The summed E-state index contributed by atoms with van der Waals surface area (Å²) in [7, 11) is 0. The summed E-state index contributed by atoms with van der Waals surface area (Å²) in [6.07, 6.45) is 1.65. The fourth-order valence-corrected chi connectivity index (χ4v) is 1.77. The summed E-state index contributed by atoms with van der Waals surface area (Å²) in [5.74, 6) is 1.29. The monoisotopic (exact) mass is 241 g/mol. The summed E-state index contributed by atoms with van der Waals surface area (Å²) >= 11 is 0. The van der Waals surface area contributed by atoms with Crippen molar-refractivity contribution >= 4 is 0 Å². The van der Waals surface area contributed by atoms with Crippen molar-refractivity contribution in [2.45, 2.75) is 6.61 Å². The molecule has 2 heterocycles. The van der Waals surface area contributed by atoms with Crippen molar-refractivity contribution in [2.24, 2.45) is 0 Å². The van der Waals surface area contributed by atoms with Gasteiger partial charge in [-0.05, 0) is 12.1 Å². The standard InChI is InChI=1S/C14H11NO3/c16-9-12-8-13(15-18-12)10-3-5-11(6-4-10)14-2-1-7-17-14/h1-8,16H,9H2. The van der Waals surface area contributed by atoms with E-state index < -0.39 is 0 Å². The Labute approximate surface area is 103 Å². The Balaban J connectivity index is 1.91. The molecule has 0 atom stereocenters. The van der Waals surface area contributed by atoms with E-state index in [2.05, 4.69) is 5.16 Å². The molecule has 2 aromatic heterocycles. The second-order valence-corrected chi connectivity index (χ2v) is 3.89. The molecule has 0 spiro atoms. The molecule has 0 saturated heterocycles. The third kappa shape index (κ3) is 1.94. The number of hydrogen-bond acceptors (Lipinski definition) is 4. The third-order valence-corrected chi connectivity index (χ3v) is 2.70. The molecule has 0 radical (unpaired) electrons. The van der Waals surface area contributed by atoms with Gasteiger partial charge in [-0.15, -0.1) is 0 Å². The van der Waals surface area contributed by atoms with Crippen LogP contribution in [0.5, 0.6) is 0 Å². The topological polar surface area (TPSA) is 59.4 Å². The largest absolute Gasteiger partial charge is 0.464 e. The number of aliphatic hydroxyl groups excluding tert-OH is 1. The van der Waals surface area contributed by atoms with Crippen molar-refractivity contribution < 1.29 is 14.0 Å². The molecule has 0 fully saturated rings. The lowest BCUT2D eigenvalue weighted by Gasteiger charge is -1.98. The first kappa shape index (κ1) is 10.8. The van der Waals surface area contributed by atoms with Gasteiger partial charge >= 0.3 is 0 Å². The van der Waals surface area contributed by atoms with Gasteiger partial charge in [0.15, 0.2) is 5.76 Å². The quantitative estimate of drug-likeness (QED) is 0.765. The molecule has 90 valence electrons. The van der Waals surface area contributed by atoms with Crippen LogP contribution in [0.3, 0.4) is 0 Å². The molecule has 18 heavy (non-hydrogen) atoms. The van der Waals surface area contributed by atoms with Crippen molar-refractivity contribution in [2.75, 3.05) is 0 Å². The smallest absolute Gasteiger partial charge is 0.162 e. The van der Waals surface area contributed by atoms with E-state index in [0.717, 1.165) is 16.9 Å². The molecule has 0 bridgehead atoms. The number of nitrogens with zero attached hydrogens (tertiary/aromatic N) is 1. The van der Waals surface area contributed by atoms with Gasteiger partial charge in [-0.25, -0.2) is 0 Å². The molecule has 4 heteroatoms. The molecule has 0 unspecified atom stereocenters. The van der Waals surface area contributed by atoms with E-state index in [0.29, 0.717) is 11.5 Å². The second kappa shape index (κ2) is 4.50. The van der Waals surface area contributed by atoms with E-state index in [1.54, 1.807) is 12.3 Å². The maximum absolute atomic E-state index is 8.92. The predicted molar refractivity (Wildman–Crippen MR) is 65.6 cm³/mol. The highest BCUT2D eigenvalue weighted by Crippen LogP contribution is 2.24. The average molecular weight is 241 g/mol.